The van der Waals surface area contributed by atoms with Gasteiger partial charge < -0.3 is 9.64 Å². The van der Waals surface area contributed by atoms with E-state index >= 15 is 0 Å². The highest BCUT2D eigenvalue weighted by Gasteiger charge is 2.19. The van der Waals surface area contributed by atoms with E-state index in [0.717, 1.165) is 38.4 Å². The van der Waals surface area contributed by atoms with Crippen LogP contribution in [0.5, 0.6) is 0 Å². The summed E-state index contributed by atoms with van der Waals surface area (Å²) < 4.78 is 5.18. The van der Waals surface area contributed by atoms with Crippen LogP contribution in [0.4, 0.5) is 5.82 Å². The Morgan fingerprint density at radius 3 is 2.88 bits per heavy atom. The van der Waals surface area contributed by atoms with Crippen molar-refractivity contribution in [2.75, 3.05) is 31.7 Å². The molecule has 1 aliphatic heterocycles. The Labute approximate surface area is 101 Å². The van der Waals surface area contributed by atoms with Crippen molar-refractivity contribution in [3.05, 3.63) is 17.5 Å². The molecule has 88 valence electrons. The summed E-state index contributed by atoms with van der Waals surface area (Å²) in [6, 6.07) is 1.91. The molecule has 0 atom stereocenters. The number of hydrogen-bond acceptors (Lipinski definition) is 4. The highest BCUT2D eigenvalue weighted by Crippen LogP contribution is 2.22. The van der Waals surface area contributed by atoms with Crippen LogP contribution in [0.15, 0.2) is 12.3 Å². The number of halogens is 1. The molecule has 4 nitrogen and oxygen atoms in total. The summed E-state index contributed by atoms with van der Waals surface area (Å²) in [6.07, 6.45) is 4.00. The van der Waals surface area contributed by atoms with Crippen molar-refractivity contribution in [2.24, 2.45) is 5.92 Å². The highest BCUT2D eigenvalue weighted by molar-refractivity contribution is 6.28. The summed E-state index contributed by atoms with van der Waals surface area (Å²) in [4.78, 5) is 10.4. The lowest BCUT2D eigenvalue weighted by Crippen LogP contribution is -2.35. The average Bonchev–Trinajstić information content (AvgIpc) is 2.30. The Morgan fingerprint density at radius 1 is 1.50 bits per heavy atom. The number of ether oxygens (including phenoxy) is 1. The van der Waals surface area contributed by atoms with E-state index < -0.39 is 0 Å². The van der Waals surface area contributed by atoms with Crippen molar-refractivity contribution in [2.45, 2.75) is 12.8 Å². The van der Waals surface area contributed by atoms with Gasteiger partial charge in [-0.25, -0.2) is 9.97 Å². The van der Waals surface area contributed by atoms with Crippen LogP contribution in [0, 0.1) is 5.92 Å². The third-order valence-corrected chi connectivity index (χ3v) is 3.13. The van der Waals surface area contributed by atoms with Gasteiger partial charge in [0.05, 0.1) is 0 Å². The molecule has 5 heteroatoms. The fraction of sp³-hybridized carbons (Fsp3) is 0.636. The molecule has 0 amide bonds. The summed E-state index contributed by atoms with van der Waals surface area (Å²) >= 11 is 5.77. The standard InChI is InChI=1S/C11H16ClN3O/c1-16-8-9-3-6-15(7-4-9)10-2-5-13-11(12)14-10/h2,5,9H,3-4,6-8H2,1H3. The largest absolute Gasteiger partial charge is 0.384 e. The fourth-order valence-corrected chi connectivity index (χ4v) is 2.21. The first kappa shape index (κ1) is 11.6. The van der Waals surface area contributed by atoms with Crippen LogP contribution in [-0.4, -0.2) is 36.8 Å². The number of anilines is 1. The van der Waals surface area contributed by atoms with Gasteiger partial charge in [-0.15, -0.1) is 0 Å². The first-order valence-corrected chi connectivity index (χ1v) is 5.90. The van der Waals surface area contributed by atoms with Crippen molar-refractivity contribution >= 4 is 17.4 Å². The molecule has 16 heavy (non-hydrogen) atoms. The molecule has 0 aliphatic carbocycles. The molecule has 0 bridgehead atoms. The second-order valence-electron chi connectivity index (χ2n) is 4.07. The Kier molecular flexibility index (Phi) is 3.96. The van der Waals surface area contributed by atoms with E-state index in [-0.39, 0.29) is 0 Å². The Balaban J connectivity index is 1.94. The SMILES string of the molecule is COCC1CCN(c2ccnc(Cl)n2)CC1. The molecule has 0 N–H and O–H groups in total. The quantitative estimate of drug-likeness (QED) is 0.759. The third kappa shape index (κ3) is 2.83. The lowest BCUT2D eigenvalue weighted by atomic mass is 9.98. The van der Waals surface area contributed by atoms with Gasteiger partial charge >= 0.3 is 0 Å². The zero-order chi connectivity index (χ0) is 11.4. The molecule has 1 fully saturated rings. The highest BCUT2D eigenvalue weighted by atomic mass is 35.5. The van der Waals surface area contributed by atoms with Crippen molar-refractivity contribution < 1.29 is 4.74 Å². The maximum Gasteiger partial charge on any atom is 0.224 e. The van der Waals surface area contributed by atoms with Gasteiger partial charge in [0, 0.05) is 33.0 Å². The lowest BCUT2D eigenvalue weighted by Gasteiger charge is -2.32. The van der Waals surface area contributed by atoms with Crippen LogP contribution < -0.4 is 4.90 Å². The summed E-state index contributed by atoms with van der Waals surface area (Å²) in [5.41, 5.74) is 0. The molecule has 1 aromatic rings. The van der Waals surface area contributed by atoms with Crippen molar-refractivity contribution in [1.82, 2.24) is 9.97 Å². The van der Waals surface area contributed by atoms with E-state index in [1.807, 2.05) is 6.07 Å². The van der Waals surface area contributed by atoms with E-state index in [9.17, 15) is 0 Å². The molecule has 0 radical (unpaired) electrons. The number of hydrogen-bond donors (Lipinski definition) is 0. The summed E-state index contributed by atoms with van der Waals surface area (Å²) in [5.74, 6) is 1.61. The predicted molar refractivity (Wildman–Crippen MR) is 63.9 cm³/mol. The first-order valence-electron chi connectivity index (χ1n) is 5.52. The second kappa shape index (κ2) is 5.46. The molecular formula is C11H16ClN3O. The number of methoxy groups -OCH3 is 1. The van der Waals surface area contributed by atoms with Crippen LogP contribution in [0.3, 0.4) is 0 Å². The molecule has 0 aromatic carbocycles. The van der Waals surface area contributed by atoms with E-state index in [1.54, 1.807) is 13.3 Å². The molecule has 0 saturated carbocycles. The number of rotatable bonds is 3. The monoisotopic (exact) mass is 241 g/mol. The van der Waals surface area contributed by atoms with Crippen LogP contribution in [-0.2, 0) is 4.74 Å². The van der Waals surface area contributed by atoms with Crippen molar-refractivity contribution in [3.8, 4) is 0 Å². The Morgan fingerprint density at radius 2 is 2.25 bits per heavy atom. The van der Waals surface area contributed by atoms with Crippen LogP contribution >= 0.6 is 11.6 Å². The van der Waals surface area contributed by atoms with E-state index in [1.165, 1.54) is 0 Å². The number of aromatic nitrogens is 2. The predicted octanol–water partition coefficient (Wildman–Crippen LogP) is 1.99. The summed E-state index contributed by atoms with van der Waals surface area (Å²) in [5, 5.41) is 0.316. The smallest absolute Gasteiger partial charge is 0.224 e. The minimum absolute atomic E-state index is 0.316. The summed E-state index contributed by atoms with van der Waals surface area (Å²) in [7, 11) is 1.76. The minimum atomic E-state index is 0.316. The summed E-state index contributed by atoms with van der Waals surface area (Å²) in [6.45, 7) is 2.89. The van der Waals surface area contributed by atoms with Gasteiger partial charge in [-0.1, -0.05) is 0 Å². The fourth-order valence-electron chi connectivity index (χ4n) is 2.07. The number of nitrogens with zero attached hydrogens (tertiary/aromatic N) is 3. The molecule has 1 aromatic heterocycles. The third-order valence-electron chi connectivity index (χ3n) is 2.95. The number of piperidine rings is 1. The molecular weight excluding hydrogens is 226 g/mol. The van der Waals surface area contributed by atoms with E-state index in [4.69, 9.17) is 16.3 Å². The molecule has 2 rings (SSSR count). The van der Waals surface area contributed by atoms with Crippen molar-refractivity contribution in [3.63, 3.8) is 0 Å². The molecule has 0 spiro atoms. The average molecular weight is 242 g/mol. The normalized spacial score (nSPS) is 17.8. The Hall–Kier alpha value is -0.870. The van der Waals surface area contributed by atoms with Gasteiger partial charge in [0.1, 0.15) is 5.82 Å². The second-order valence-corrected chi connectivity index (χ2v) is 4.41. The maximum absolute atomic E-state index is 5.77. The van der Waals surface area contributed by atoms with Gasteiger partial charge in [0.25, 0.3) is 0 Å². The maximum atomic E-state index is 5.77. The molecule has 0 unspecified atom stereocenters. The van der Waals surface area contributed by atoms with Gasteiger partial charge in [-0.05, 0) is 36.4 Å². The Bertz CT molecular complexity index is 340. The molecule has 1 saturated heterocycles. The topological polar surface area (TPSA) is 38.2 Å². The molecule has 1 aliphatic rings. The zero-order valence-corrected chi connectivity index (χ0v) is 10.2. The van der Waals surface area contributed by atoms with Crippen LogP contribution in [0.1, 0.15) is 12.8 Å². The van der Waals surface area contributed by atoms with E-state index in [2.05, 4.69) is 14.9 Å². The van der Waals surface area contributed by atoms with Crippen LogP contribution in [0.2, 0.25) is 5.28 Å². The van der Waals surface area contributed by atoms with Gasteiger partial charge in [0.2, 0.25) is 5.28 Å². The minimum Gasteiger partial charge on any atom is -0.384 e. The van der Waals surface area contributed by atoms with Gasteiger partial charge in [-0.2, -0.15) is 0 Å². The van der Waals surface area contributed by atoms with Crippen LogP contribution in [0.25, 0.3) is 0 Å². The van der Waals surface area contributed by atoms with Gasteiger partial charge in [0.15, 0.2) is 0 Å². The van der Waals surface area contributed by atoms with Gasteiger partial charge in [-0.3, -0.25) is 0 Å². The zero-order valence-electron chi connectivity index (χ0n) is 9.40. The lowest BCUT2D eigenvalue weighted by molar-refractivity contribution is 0.139. The van der Waals surface area contributed by atoms with E-state index in [0.29, 0.717) is 11.2 Å². The first-order chi connectivity index (χ1) is 7.79. The van der Waals surface area contributed by atoms with Crippen molar-refractivity contribution in [1.29, 1.82) is 0 Å². The molecule has 2 heterocycles.